The second-order valence-corrected chi connectivity index (χ2v) is 4.61. The van der Waals surface area contributed by atoms with Gasteiger partial charge in [0, 0.05) is 5.92 Å². The Morgan fingerprint density at radius 2 is 1.76 bits per heavy atom. The van der Waals surface area contributed by atoms with E-state index in [-0.39, 0.29) is 17.6 Å². The molecule has 3 N–H and O–H groups in total. The second-order valence-electron chi connectivity index (χ2n) is 4.61. The molecule has 1 saturated carbocycles. The summed E-state index contributed by atoms with van der Waals surface area (Å²) in [5.41, 5.74) is 3.37. The number of carbonyl (C=O) groups excluding carboxylic acids is 1. The third-order valence-electron chi connectivity index (χ3n) is 3.58. The topological polar surface area (TPSA) is 55.1 Å². The standard InChI is InChI=1S/C13H17FN2O/c14-12-7-5-10(6-8-12)9-1-3-11(4-2-9)13(17)16-15/h5-9,11H,1-4,15H2,(H,16,17)/t9-,11-. The predicted octanol–water partition coefficient (Wildman–Crippen LogP) is 2.09. The molecule has 1 aliphatic carbocycles. The van der Waals surface area contributed by atoms with Gasteiger partial charge in [0.15, 0.2) is 0 Å². The van der Waals surface area contributed by atoms with Crippen molar-refractivity contribution in [2.45, 2.75) is 31.6 Å². The Bertz CT molecular complexity index is 383. The summed E-state index contributed by atoms with van der Waals surface area (Å²) >= 11 is 0. The Balaban J connectivity index is 1.95. The van der Waals surface area contributed by atoms with Crippen LogP contribution in [0.2, 0.25) is 0 Å². The molecule has 0 unspecified atom stereocenters. The highest BCUT2D eigenvalue weighted by atomic mass is 19.1. The maximum atomic E-state index is 12.8. The summed E-state index contributed by atoms with van der Waals surface area (Å²) in [7, 11) is 0. The summed E-state index contributed by atoms with van der Waals surface area (Å²) in [4.78, 5) is 11.4. The SMILES string of the molecule is NNC(=O)[C@H]1CC[C@H](c2ccc(F)cc2)CC1. The average Bonchev–Trinajstić information content (AvgIpc) is 2.39. The van der Waals surface area contributed by atoms with Gasteiger partial charge in [-0.2, -0.15) is 0 Å². The molecule has 1 aromatic rings. The Hall–Kier alpha value is -1.42. The van der Waals surface area contributed by atoms with Crippen LogP contribution in [0.1, 0.15) is 37.2 Å². The molecule has 3 nitrogen and oxygen atoms in total. The molecule has 1 aromatic carbocycles. The van der Waals surface area contributed by atoms with E-state index in [0.717, 1.165) is 31.2 Å². The van der Waals surface area contributed by atoms with Crippen LogP contribution in [0.25, 0.3) is 0 Å². The Morgan fingerprint density at radius 1 is 1.18 bits per heavy atom. The van der Waals surface area contributed by atoms with Crippen LogP contribution in [0.3, 0.4) is 0 Å². The molecule has 2 rings (SSSR count). The lowest BCUT2D eigenvalue weighted by molar-refractivity contribution is -0.126. The number of amides is 1. The van der Waals surface area contributed by atoms with Crippen molar-refractivity contribution >= 4 is 5.91 Å². The zero-order valence-corrected chi connectivity index (χ0v) is 9.66. The van der Waals surface area contributed by atoms with Gasteiger partial charge < -0.3 is 0 Å². The van der Waals surface area contributed by atoms with Crippen molar-refractivity contribution in [2.75, 3.05) is 0 Å². The van der Waals surface area contributed by atoms with Crippen LogP contribution in [0.4, 0.5) is 4.39 Å². The molecule has 0 heterocycles. The molecule has 92 valence electrons. The van der Waals surface area contributed by atoms with Crippen molar-refractivity contribution in [1.82, 2.24) is 5.43 Å². The molecule has 0 aromatic heterocycles. The molecule has 0 spiro atoms. The van der Waals surface area contributed by atoms with Gasteiger partial charge >= 0.3 is 0 Å². The number of hydrazine groups is 1. The molecule has 0 atom stereocenters. The van der Waals surface area contributed by atoms with Crippen molar-refractivity contribution in [3.05, 3.63) is 35.6 Å². The number of carbonyl (C=O) groups is 1. The number of hydrogen-bond donors (Lipinski definition) is 2. The van der Waals surface area contributed by atoms with E-state index in [1.165, 1.54) is 12.1 Å². The van der Waals surface area contributed by atoms with E-state index in [1.807, 2.05) is 12.1 Å². The number of nitrogens with two attached hydrogens (primary N) is 1. The highest BCUT2D eigenvalue weighted by Crippen LogP contribution is 2.35. The molecule has 0 bridgehead atoms. The molecule has 0 saturated heterocycles. The number of nitrogens with one attached hydrogen (secondary N) is 1. The zero-order valence-electron chi connectivity index (χ0n) is 9.66. The van der Waals surface area contributed by atoms with Gasteiger partial charge in [0.25, 0.3) is 0 Å². The minimum atomic E-state index is -0.204. The monoisotopic (exact) mass is 236 g/mol. The number of hydrogen-bond acceptors (Lipinski definition) is 2. The van der Waals surface area contributed by atoms with Gasteiger partial charge in [-0.05, 0) is 49.3 Å². The van der Waals surface area contributed by atoms with Crippen LogP contribution in [-0.4, -0.2) is 5.91 Å². The summed E-state index contributed by atoms with van der Waals surface area (Å²) in [6.45, 7) is 0. The first-order valence-corrected chi connectivity index (χ1v) is 5.96. The lowest BCUT2D eigenvalue weighted by Crippen LogP contribution is -2.37. The van der Waals surface area contributed by atoms with Gasteiger partial charge in [-0.15, -0.1) is 0 Å². The molecule has 17 heavy (non-hydrogen) atoms. The van der Waals surface area contributed by atoms with Crippen molar-refractivity contribution in [3.63, 3.8) is 0 Å². The maximum absolute atomic E-state index is 12.8. The van der Waals surface area contributed by atoms with E-state index >= 15 is 0 Å². The van der Waals surface area contributed by atoms with E-state index in [2.05, 4.69) is 5.43 Å². The summed E-state index contributed by atoms with van der Waals surface area (Å²) in [5.74, 6) is 5.33. The van der Waals surface area contributed by atoms with Crippen molar-refractivity contribution < 1.29 is 9.18 Å². The van der Waals surface area contributed by atoms with Gasteiger partial charge in [0.05, 0.1) is 0 Å². The van der Waals surface area contributed by atoms with E-state index in [4.69, 9.17) is 5.84 Å². The zero-order chi connectivity index (χ0) is 12.3. The highest BCUT2D eigenvalue weighted by molar-refractivity contribution is 5.78. The van der Waals surface area contributed by atoms with Crippen LogP contribution in [0.5, 0.6) is 0 Å². The Kier molecular flexibility index (Phi) is 3.74. The Morgan fingerprint density at radius 3 is 2.29 bits per heavy atom. The van der Waals surface area contributed by atoms with E-state index in [9.17, 15) is 9.18 Å². The van der Waals surface area contributed by atoms with Gasteiger partial charge in [0.1, 0.15) is 5.82 Å². The maximum Gasteiger partial charge on any atom is 0.236 e. The van der Waals surface area contributed by atoms with E-state index in [0.29, 0.717) is 5.92 Å². The first-order chi connectivity index (χ1) is 8.20. The van der Waals surface area contributed by atoms with Crippen molar-refractivity contribution in [1.29, 1.82) is 0 Å². The number of rotatable bonds is 2. The van der Waals surface area contributed by atoms with Crippen LogP contribution in [0, 0.1) is 11.7 Å². The van der Waals surface area contributed by atoms with Crippen LogP contribution in [0.15, 0.2) is 24.3 Å². The van der Waals surface area contributed by atoms with Crippen LogP contribution < -0.4 is 11.3 Å². The summed E-state index contributed by atoms with van der Waals surface area (Å²) in [6.07, 6.45) is 3.63. The third-order valence-corrected chi connectivity index (χ3v) is 3.58. The molecule has 1 amide bonds. The first-order valence-electron chi connectivity index (χ1n) is 5.96. The molecule has 0 radical (unpaired) electrons. The minimum Gasteiger partial charge on any atom is -0.294 e. The lowest BCUT2D eigenvalue weighted by atomic mass is 9.78. The Labute approximate surface area is 100 Å². The molecular weight excluding hydrogens is 219 g/mol. The van der Waals surface area contributed by atoms with Crippen molar-refractivity contribution in [3.8, 4) is 0 Å². The summed E-state index contributed by atoms with van der Waals surface area (Å²) in [5, 5.41) is 0. The average molecular weight is 236 g/mol. The second kappa shape index (κ2) is 5.27. The van der Waals surface area contributed by atoms with E-state index in [1.54, 1.807) is 0 Å². The van der Waals surface area contributed by atoms with Crippen LogP contribution >= 0.6 is 0 Å². The first kappa shape index (κ1) is 12.0. The highest BCUT2D eigenvalue weighted by Gasteiger charge is 2.26. The minimum absolute atomic E-state index is 0.0386. The third kappa shape index (κ3) is 2.82. The number of halogens is 1. The molecule has 1 fully saturated rings. The van der Waals surface area contributed by atoms with E-state index < -0.39 is 0 Å². The lowest BCUT2D eigenvalue weighted by Gasteiger charge is -2.27. The smallest absolute Gasteiger partial charge is 0.236 e. The largest absolute Gasteiger partial charge is 0.294 e. The summed E-state index contributed by atoms with van der Waals surface area (Å²) < 4.78 is 12.8. The molecular formula is C13H17FN2O. The van der Waals surface area contributed by atoms with Gasteiger partial charge in [-0.1, -0.05) is 12.1 Å². The normalized spacial score (nSPS) is 24.4. The fourth-order valence-electron chi connectivity index (χ4n) is 2.54. The number of benzene rings is 1. The fourth-order valence-corrected chi connectivity index (χ4v) is 2.54. The van der Waals surface area contributed by atoms with Gasteiger partial charge in [-0.25, -0.2) is 10.2 Å². The fraction of sp³-hybridized carbons (Fsp3) is 0.462. The van der Waals surface area contributed by atoms with Crippen molar-refractivity contribution in [2.24, 2.45) is 11.8 Å². The molecule has 1 aliphatic rings. The van der Waals surface area contributed by atoms with Gasteiger partial charge in [-0.3, -0.25) is 10.2 Å². The molecule has 4 heteroatoms. The summed E-state index contributed by atoms with van der Waals surface area (Å²) in [6, 6.07) is 6.66. The molecule has 0 aliphatic heterocycles. The van der Waals surface area contributed by atoms with Gasteiger partial charge in [0.2, 0.25) is 5.91 Å². The predicted molar refractivity (Wildman–Crippen MR) is 63.4 cm³/mol. The quantitative estimate of drug-likeness (QED) is 0.469. The van der Waals surface area contributed by atoms with Crippen LogP contribution in [-0.2, 0) is 4.79 Å².